The Labute approximate surface area is 101 Å². The third kappa shape index (κ3) is 2.61. The highest BCUT2D eigenvalue weighted by molar-refractivity contribution is 7.94. The minimum absolute atomic E-state index is 0.220. The van der Waals surface area contributed by atoms with Gasteiger partial charge >= 0.3 is 0 Å². The van der Waals surface area contributed by atoms with Crippen LogP contribution in [0.15, 0.2) is 28.0 Å². The van der Waals surface area contributed by atoms with Crippen molar-refractivity contribution in [3.8, 4) is 5.75 Å². The maximum absolute atomic E-state index is 11.8. The zero-order chi connectivity index (χ0) is 13.3. The van der Waals surface area contributed by atoms with Crippen LogP contribution in [0.3, 0.4) is 0 Å². The second-order valence-electron chi connectivity index (χ2n) is 3.41. The highest BCUT2D eigenvalue weighted by Crippen LogP contribution is 2.31. The van der Waals surface area contributed by atoms with Crippen molar-refractivity contribution < 1.29 is 21.9 Å². The third-order valence-electron chi connectivity index (χ3n) is 2.36. The molecule has 0 saturated heterocycles. The first-order valence-corrected chi connectivity index (χ1v) is 8.34. The lowest BCUT2D eigenvalue weighted by Gasteiger charge is -2.10. The van der Waals surface area contributed by atoms with E-state index in [2.05, 4.69) is 0 Å². The van der Waals surface area contributed by atoms with Crippen LogP contribution in [0.4, 0.5) is 0 Å². The molecule has 1 aromatic rings. The summed E-state index contributed by atoms with van der Waals surface area (Å²) >= 11 is 0. The highest BCUT2D eigenvalue weighted by Gasteiger charge is 2.27. The summed E-state index contributed by atoms with van der Waals surface area (Å²) in [6.07, 6.45) is 0. The van der Waals surface area contributed by atoms with Crippen molar-refractivity contribution in [2.24, 2.45) is 0 Å². The first-order valence-electron chi connectivity index (χ1n) is 5.03. The molecule has 0 bridgehead atoms. The van der Waals surface area contributed by atoms with Gasteiger partial charge in [-0.3, -0.25) is 0 Å². The molecule has 7 heteroatoms. The van der Waals surface area contributed by atoms with Crippen molar-refractivity contribution in [1.82, 2.24) is 0 Å². The van der Waals surface area contributed by atoms with Gasteiger partial charge in [-0.25, -0.2) is 16.8 Å². The fourth-order valence-electron chi connectivity index (χ4n) is 1.36. The lowest BCUT2D eigenvalue weighted by atomic mass is 10.3. The van der Waals surface area contributed by atoms with Crippen molar-refractivity contribution in [3.05, 3.63) is 18.2 Å². The molecule has 1 N–H and O–H groups in total. The van der Waals surface area contributed by atoms with E-state index in [1.807, 2.05) is 0 Å². The number of phenols is 1. The first-order chi connectivity index (χ1) is 7.76. The molecule has 0 unspecified atom stereocenters. The van der Waals surface area contributed by atoms with Crippen molar-refractivity contribution in [3.63, 3.8) is 0 Å². The molecular formula is C10H14O5S2. The van der Waals surface area contributed by atoms with Gasteiger partial charge in [0.1, 0.15) is 10.6 Å². The van der Waals surface area contributed by atoms with E-state index in [0.29, 0.717) is 0 Å². The zero-order valence-corrected chi connectivity index (χ0v) is 11.2. The summed E-state index contributed by atoms with van der Waals surface area (Å²) in [6.45, 7) is 2.81. The molecule has 0 saturated carbocycles. The maximum Gasteiger partial charge on any atom is 0.183 e. The Hall–Kier alpha value is -1.08. The van der Waals surface area contributed by atoms with Crippen LogP contribution >= 0.6 is 0 Å². The second kappa shape index (κ2) is 4.66. The minimum Gasteiger partial charge on any atom is -0.507 e. The summed E-state index contributed by atoms with van der Waals surface area (Å²) in [6, 6.07) is 3.67. The predicted octanol–water partition coefficient (Wildman–Crippen LogP) is 0.979. The number of sulfone groups is 2. The Bertz CT molecular complexity index is 614. The molecule has 17 heavy (non-hydrogen) atoms. The Morgan fingerprint density at radius 2 is 1.53 bits per heavy atom. The summed E-state index contributed by atoms with van der Waals surface area (Å²) < 4.78 is 47.1. The molecule has 1 aromatic carbocycles. The summed E-state index contributed by atoms with van der Waals surface area (Å²) in [7, 11) is -7.47. The van der Waals surface area contributed by atoms with Crippen LogP contribution in [0, 0.1) is 0 Å². The van der Waals surface area contributed by atoms with Gasteiger partial charge in [-0.05, 0) is 12.1 Å². The Morgan fingerprint density at radius 1 is 1.00 bits per heavy atom. The topological polar surface area (TPSA) is 88.5 Å². The summed E-state index contributed by atoms with van der Waals surface area (Å²) in [5.74, 6) is -1.01. The number of hydrogen-bond acceptors (Lipinski definition) is 5. The van der Waals surface area contributed by atoms with Crippen LogP contribution in [0.5, 0.6) is 5.75 Å². The van der Waals surface area contributed by atoms with Gasteiger partial charge in [0, 0.05) is 0 Å². The van der Waals surface area contributed by atoms with E-state index in [1.165, 1.54) is 26.0 Å². The molecule has 0 spiro atoms. The Kier molecular flexibility index (Phi) is 3.83. The van der Waals surface area contributed by atoms with Gasteiger partial charge < -0.3 is 5.11 Å². The lowest BCUT2D eigenvalue weighted by Crippen LogP contribution is -2.13. The van der Waals surface area contributed by atoms with Gasteiger partial charge in [0.05, 0.1) is 16.4 Å². The van der Waals surface area contributed by atoms with E-state index in [-0.39, 0.29) is 16.4 Å². The number of phenolic OH excluding ortho intramolecular Hbond substituents is 1. The van der Waals surface area contributed by atoms with E-state index in [4.69, 9.17) is 0 Å². The number of benzene rings is 1. The quantitative estimate of drug-likeness (QED) is 0.887. The number of aromatic hydroxyl groups is 1. The molecule has 0 aliphatic carbocycles. The van der Waals surface area contributed by atoms with E-state index >= 15 is 0 Å². The average Bonchev–Trinajstić information content (AvgIpc) is 2.28. The smallest absolute Gasteiger partial charge is 0.183 e. The van der Waals surface area contributed by atoms with E-state index in [9.17, 15) is 21.9 Å². The van der Waals surface area contributed by atoms with Gasteiger partial charge in [-0.2, -0.15) is 0 Å². The largest absolute Gasteiger partial charge is 0.507 e. The fourth-order valence-corrected chi connectivity index (χ4v) is 4.16. The molecule has 0 heterocycles. The third-order valence-corrected chi connectivity index (χ3v) is 6.08. The van der Waals surface area contributed by atoms with E-state index in [1.54, 1.807) is 0 Å². The van der Waals surface area contributed by atoms with Crippen LogP contribution in [-0.2, 0) is 19.7 Å². The molecule has 0 fully saturated rings. The number of rotatable bonds is 4. The normalized spacial score (nSPS) is 12.6. The summed E-state index contributed by atoms with van der Waals surface area (Å²) in [5, 5.41) is 9.57. The van der Waals surface area contributed by atoms with Gasteiger partial charge in [0.2, 0.25) is 0 Å². The molecule has 0 aliphatic heterocycles. The minimum atomic E-state index is -3.78. The monoisotopic (exact) mass is 278 g/mol. The van der Waals surface area contributed by atoms with Gasteiger partial charge in [-0.1, -0.05) is 19.9 Å². The number of hydrogen-bond donors (Lipinski definition) is 1. The molecule has 0 atom stereocenters. The van der Waals surface area contributed by atoms with E-state index in [0.717, 1.165) is 6.07 Å². The van der Waals surface area contributed by atoms with Gasteiger partial charge in [0.15, 0.2) is 19.7 Å². The first kappa shape index (κ1) is 14.0. The standard InChI is InChI=1S/C10H14O5S2/c1-3-16(12,13)9-7-5-6-8(11)10(9)17(14,15)4-2/h5-7,11H,3-4H2,1-2H3. The molecule has 0 amide bonds. The summed E-state index contributed by atoms with van der Waals surface area (Å²) in [4.78, 5) is -0.828. The van der Waals surface area contributed by atoms with Crippen molar-refractivity contribution >= 4 is 19.7 Å². The Balaban J connectivity index is 3.73. The van der Waals surface area contributed by atoms with Crippen LogP contribution in [0.1, 0.15) is 13.8 Å². The molecule has 0 aliphatic rings. The molecule has 5 nitrogen and oxygen atoms in total. The Morgan fingerprint density at radius 3 is 2.00 bits per heavy atom. The predicted molar refractivity (Wildman–Crippen MR) is 63.6 cm³/mol. The SMILES string of the molecule is CCS(=O)(=O)c1cccc(O)c1S(=O)(=O)CC. The molecule has 0 aromatic heterocycles. The maximum atomic E-state index is 11.8. The second-order valence-corrected chi connectivity index (χ2v) is 7.87. The van der Waals surface area contributed by atoms with Gasteiger partial charge in [0.25, 0.3) is 0 Å². The zero-order valence-electron chi connectivity index (χ0n) is 9.54. The molecule has 0 radical (unpaired) electrons. The molecule has 96 valence electrons. The average molecular weight is 278 g/mol. The van der Waals surface area contributed by atoms with E-state index < -0.39 is 30.3 Å². The van der Waals surface area contributed by atoms with Crippen LogP contribution in [0.2, 0.25) is 0 Å². The van der Waals surface area contributed by atoms with Crippen LogP contribution in [0.25, 0.3) is 0 Å². The lowest BCUT2D eigenvalue weighted by molar-refractivity contribution is 0.453. The van der Waals surface area contributed by atoms with Crippen molar-refractivity contribution in [2.45, 2.75) is 23.6 Å². The van der Waals surface area contributed by atoms with Crippen LogP contribution < -0.4 is 0 Å². The van der Waals surface area contributed by atoms with Crippen LogP contribution in [-0.4, -0.2) is 33.4 Å². The molecule has 1 rings (SSSR count). The van der Waals surface area contributed by atoms with Gasteiger partial charge in [-0.15, -0.1) is 0 Å². The fraction of sp³-hybridized carbons (Fsp3) is 0.400. The van der Waals surface area contributed by atoms with Crippen molar-refractivity contribution in [2.75, 3.05) is 11.5 Å². The molecular weight excluding hydrogens is 264 g/mol. The summed E-state index contributed by atoms with van der Waals surface area (Å²) in [5.41, 5.74) is 0. The highest BCUT2D eigenvalue weighted by atomic mass is 32.2. The van der Waals surface area contributed by atoms with Crippen molar-refractivity contribution in [1.29, 1.82) is 0 Å².